The molecular formula is C12H12ClN3O2. The first-order valence-electron chi connectivity index (χ1n) is 5.36. The topological polar surface area (TPSA) is 81.1 Å². The number of aromatic nitrogens is 2. The number of aliphatic hydroxyl groups is 1. The van der Waals surface area contributed by atoms with Crippen LogP contribution in [0.5, 0.6) is 0 Å². The molecule has 0 aliphatic rings. The molecule has 0 saturated carbocycles. The highest BCUT2D eigenvalue weighted by Gasteiger charge is 2.12. The normalized spacial score (nSPS) is 10.6. The number of halogens is 1. The van der Waals surface area contributed by atoms with Crippen LogP contribution in [-0.2, 0) is 6.42 Å². The van der Waals surface area contributed by atoms with Crippen molar-refractivity contribution in [2.75, 3.05) is 6.61 Å². The van der Waals surface area contributed by atoms with Gasteiger partial charge in [0, 0.05) is 23.3 Å². The van der Waals surface area contributed by atoms with Crippen molar-refractivity contribution < 1.29 is 9.90 Å². The Kier molecular flexibility index (Phi) is 3.64. The van der Waals surface area contributed by atoms with Gasteiger partial charge in [0.2, 0.25) is 0 Å². The third kappa shape index (κ3) is 2.52. The minimum absolute atomic E-state index is 0.0597. The maximum Gasteiger partial charge on any atom is 0.268 e. The number of carbonyl (C=O) groups is 1. The van der Waals surface area contributed by atoms with Gasteiger partial charge in [-0.05, 0) is 18.2 Å². The first kappa shape index (κ1) is 12.6. The van der Waals surface area contributed by atoms with E-state index in [4.69, 9.17) is 22.4 Å². The Bertz CT molecular complexity index is 580. The summed E-state index contributed by atoms with van der Waals surface area (Å²) in [5.74, 6) is -0.0384. The van der Waals surface area contributed by atoms with Crippen LogP contribution < -0.4 is 5.73 Å². The maximum absolute atomic E-state index is 11.1. The van der Waals surface area contributed by atoms with E-state index in [1.807, 2.05) is 6.07 Å². The number of imidazole rings is 1. The van der Waals surface area contributed by atoms with Gasteiger partial charge in [0.1, 0.15) is 11.5 Å². The monoisotopic (exact) mass is 265 g/mol. The van der Waals surface area contributed by atoms with Gasteiger partial charge >= 0.3 is 0 Å². The molecule has 2 rings (SSSR count). The highest BCUT2D eigenvalue weighted by atomic mass is 35.5. The molecule has 1 heterocycles. The van der Waals surface area contributed by atoms with Crippen LogP contribution in [0.3, 0.4) is 0 Å². The van der Waals surface area contributed by atoms with E-state index in [-0.39, 0.29) is 12.3 Å². The Hall–Kier alpha value is -1.85. The lowest BCUT2D eigenvalue weighted by molar-refractivity contribution is 0.0996. The summed E-state index contributed by atoms with van der Waals surface area (Å²) in [4.78, 5) is 15.2. The van der Waals surface area contributed by atoms with Crippen LogP contribution in [0.1, 0.15) is 16.3 Å². The van der Waals surface area contributed by atoms with Crippen molar-refractivity contribution in [2.24, 2.45) is 5.73 Å². The zero-order valence-corrected chi connectivity index (χ0v) is 10.3. The number of hydrogen-bond donors (Lipinski definition) is 2. The van der Waals surface area contributed by atoms with Crippen molar-refractivity contribution in [3.8, 4) is 5.69 Å². The number of hydrogen-bond acceptors (Lipinski definition) is 3. The molecule has 0 unspecified atom stereocenters. The standard InChI is InChI=1S/C12H12ClN3O2/c13-8-2-1-3-9(6-8)16-7-10(12(14)18)15-11(16)4-5-17/h1-3,6-7,17H,4-5H2,(H2,14,18). The van der Waals surface area contributed by atoms with Gasteiger partial charge in [-0.3, -0.25) is 4.79 Å². The Labute approximate surface area is 109 Å². The first-order chi connectivity index (χ1) is 8.61. The molecular weight excluding hydrogens is 254 g/mol. The highest BCUT2D eigenvalue weighted by Crippen LogP contribution is 2.17. The number of benzene rings is 1. The molecule has 3 N–H and O–H groups in total. The van der Waals surface area contributed by atoms with Crippen LogP contribution in [-0.4, -0.2) is 27.2 Å². The van der Waals surface area contributed by atoms with E-state index >= 15 is 0 Å². The quantitative estimate of drug-likeness (QED) is 0.870. The summed E-state index contributed by atoms with van der Waals surface area (Å²) in [7, 11) is 0. The van der Waals surface area contributed by atoms with Gasteiger partial charge in [-0.15, -0.1) is 0 Å². The van der Waals surface area contributed by atoms with Crippen LogP contribution in [0.2, 0.25) is 5.02 Å². The molecule has 1 amide bonds. The number of aliphatic hydroxyl groups excluding tert-OH is 1. The van der Waals surface area contributed by atoms with E-state index in [0.29, 0.717) is 17.3 Å². The molecule has 0 saturated heterocycles. The summed E-state index contributed by atoms with van der Waals surface area (Å²) < 4.78 is 1.70. The van der Waals surface area contributed by atoms with Gasteiger partial charge in [0.15, 0.2) is 0 Å². The molecule has 18 heavy (non-hydrogen) atoms. The molecule has 2 aromatic rings. The van der Waals surface area contributed by atoms with Crippen LogP contribution in [0, 0.1) is 0 Å². The molecule has 0 spiro atoms. The molecule has 1 aromatic carbocycles. The second kappa shape index (κ2) is 5.20. The van der Waals surface area contributed by atoms with Gasteiger partial charge in [-0.25, -0.2) is 4.98 Å². The molecule has 0 fully saturated rings. The third-order valence-electron chi connectivity index (χ3n) is 2.45. The van der Waals surface area contributed by atoms with Crippen LogP contribution in [0.15, 0.2) is 30.5 Å². The molecule has 0 aliphatic heterocycles. The van der Waals surface area contributed by atoms with E-state index in [1.165, 1.54) is 0 Å². The molecule has 0 radical (unpaired) electrons. The third-order valence-corrected chi connectivity index (χ3v) is 2.69. The van der Waals surface area contributed by atoms with Crippen LogP contribution in [0.25, 0.3) is 5.69 Å². The Morgan fingerprint density at radius 2 is 2.28 bits per heavy atom. The minimum atomic E-state index is -0.602. The Balaban J connectivity index is 2.51. The van der Waals surface area contributed by atoms with Gasteiger partial charge in [-0.1, -0.05) is 17.7 Å². The fraction of sp³-hybridized carbons (Fsp3) is 0.167. The van der Waals surface area contributed by atoms with E-state index in [1.54, 1.807) is 29.0 Å². The number of primary amides is 1. The lowest BCUT2D eigenvalue weighted by Crippen LogP contribution is -2.11. The number of rotatable bonds is 4. The van der Waals surface area contributed by atoms with E-state index < -0.39 is 5.91 Å². The van der Waals surface area contributed by atoms with E-state index in [0.717, 1.165) is 5.69 Å². The van der Waals surface area contributed by atoms with Crippen molar-refractivity contribution in [1.82, 2.24) is 9.55 Å². The predicted molar refractivity (Wildman–Crippen MR) is 67.9 cm³/mol. The summed E-state index contributed by atoms with van der Waals surface area (Å²) in [6, 6.07) is 7.13. The van der Waals surface area contributed by atoms with Crippen LogP contribution >= 0.6 is 11.6 Å². The van der Waals surface area contributed by atoms with Gasteiger partial charge in [-0.2, -0.15) is 0 Å². The average Bonchev–Trinajstić information content (AvgIpc) is 2.74. The average molecular weight is 266 g/mol. The predicted octanol–water partition coefficient (Wildman–Crippen LogP) is 1.16. The van der Waals surface area contributed by atoms with E-state index in [2.05, 4.69) is 4.98 Å². The van der Waals surface area contributed by atoms with Gasteiger partial charge in [0.25, 0.3) is 5.91 Å². The lowest BCUT2D eigenvalue weighted by atomic mass is 10.3. The molecule has 0 atom stereocenters. The van der Waals surface area contributed by atoms with Crippen molar-refractivity contribution in [1.29, 1.82) is 0 Å². The summed E-state index contributed by atoms with van der Waals surface area (Å²) >= 11 is 5.92. The largest absolute Gasteiger partial charge is 0.396 e. The number of amides is 1. The maximum atomic E-state index is 11.1. The van der Waals surface area contributed by atoms with Crippen molar-refractivity contribution in [2.45, 2.75) is 6.42 Å². The molecule has 1 aromatic heterocycles. The van der Waals surface area contributed by atoms with Crippen molar-refractivity contribution in [3.63, 3.8) is 0 Å². The number of nitrogens with zero attached hydrogens (tertiary/aromatic N) is 2. The fourth-order valence-corrected chi connectivity index (χ4v) is 1.85. The molecule has 6 heteroatoms. The van der Waals surface area contributed by atoms with Crippen molar-refractivity contribution in [3.05, 3.63) is 47.0 Å². The zero-order valence-electron chi connectivity index (χ0n) is 9.51. The second-order valence-corrected chi connectivity index (χ2v) is 4.17. The molecule has 0 aliphatic carbocycles. The second-order valence-electron chi connectivity index (χ2n) is 3.73. The van der Waals surface area contributed by atoms with Crippen molar-refractivity contribution >= 4 is 17.5 Å². The summed E-state index contributed by atoms with van der Waals surface area (Å²) in [6.45, 7) is -0.0597. The summed E-state index contributed by atoms with van der Waals surface area (Å²) in [6.07, 6.45) is 1.87. The molecule has 94 valence electrons. The first-order valence-corrected chi connectivity index (χ1v) is 5.74. The SMILES string of the molecule is NC(=O)c1cn(-c2cccc(Cl)c2)c(CCO)n1. The Morgan fingerprint density at radius 1 is 1.50 bits per heavy atom. The molecule has 5 nitrogen and oxygen atoms in total. The Morgan fingerprint density at radius 3 is 2.89 bits per heavy atom. The smallest absolute Gasteiger partial charge is 0.268 e. The highest BCUT2D eigenvalue weighted by molar-refractivity contribution is 6.30. The lowest BCUT2D eigenvalue weighted by Gasteiger charge is -2.06. The van der Waals surface area contributed by atoms with Gasteiger partial charge < -0.3 is 15.4 Å². The van der Waals surface area contributed by atoms with Gasteiger partial charge in [0.05, 0.1) is 6.61 Å². The fourth-order valence-electron chi connectivity index (χ4n) is 1.66. The number of carbonyl (C=O) groups excluding carboxylic acids is 1. The van der Waals surface area contributed by atoms with Crippen LogP contribution in [0.4, 0.5) is 0 Å². The molecule has 0 bridgehead atoms. The van der Waals surface area contributed by atoms with E-state index in [9.17, 15) is 4.79 Å². The minimum Gasteiger partial charge on any atom is -0.396 e. The zero-order chi connectivity index (χ0) is 13.1. The number of nitrogens with two attached hydrogens (primary N) is 1. The summed E-state index contributed by atoms with van der Waals surface area (Å²) in [5.41, 5.74) is 6.13. The summed E-state index contributed by atoms with van der Waals surface area (Å²) in [5, 5.41) is 9.58.